The Morgan fingerprint density at radius 1 is 0.457 bits per heavy atom. The molecule has 4 aliphatic rings. The maximum Gasteiger partial charge on any atom is 0.141 e. The van der Waals surface area contributed by atoms with Gasteiger partial charge in [0.05, 0.1) is 0 Å². The van der Waals surface area contributed by atoms with Crippen LogP contribution in [0.4, 0.5) is 0 Å². The van der Waals surface area contributed by atoms with Crippen LogP contribution < -0.4 is 0 Å². The minimum absolute atomic E-state index is 0.782. The average Bonchev–Trinajstić information content (AvgIpc) is 3.13. The van der Waals surface area contributed by atoms with Gasteiger partial charge in [0.1, 0.15) is 11.2 Å². The Kier molecular flexibility index (Phi) is 6.49. The molecule has 2 heteroatoms. The molecule has 5 aromatic carbocycles. The van der Waals surface area contributed by atoms with Crippen molar-refractivity contribution in [2.45, 2.75) is 75.4 Å². The molecule has 2 N–H and O–H groups in total. The molecule has 0 spiro atoms. The zero-order chi connectivity index (χ0) is 30.9. The summed E-state index contributed by atoms with van der Waals surface area (Å²) in [6.45, 7) is 0. The summed E-state index contributed by atoms with van der Waals surface area (Å²) < 4.78 is 0. The van der Waals surface area contributed by atoms with Crippen LogP contribution in [0.25, 0.3) is 17.2 Å². The third-order valence-electron chi connectivity index (χ3n) is 11.4. The lowest BCUT2D eigenvalue weighted by Crippen LogP contribution is -2.45. The van der Waals surface area contributed by atoms with E-state index >= 15 is 0 Å². The highest BCUT2D eigenvalue weighted by molar-refractivity contribution is 5.80. The summed E-state index contributed by atoms with van der Waals surface area (Å²) >= 11 is 0. The van der Waals surface area contributed by atoms with Crippen LogP contribution >= 0.6 is 0 Å². The van der Waals surface area contributed by atoms with Crippen molar-refractivity contribution in [2.24, 2.45) is 0 Å². The summed E-state index contributed by atoms with van der Waals surface area (Å²) in [7, 11) is 0. The van der Waals surface area contributed by atoms with Crippen molar-refractivity contribution < 1.29 is 10.2 Å². The fourth-order valence-electron chi connectivity index (χ4n) is 9.27. The lowest BCUT2D eigenvalue weighted by molar-refractivity contribution is 0.0736. The van der Waals surface area contributed by atoms with Gasteiger partial charge in [0.15, 0.2) is 0 Å². The van der Waals surface area contributed by atoms with Crippen LogP contribution in [0.15, 0.2) is 103 Å². The molecule has 5 aromatic rings. The van der Waals surface area contributed by atoms with Gasteiger partial charge in [0.2, 0.25) is 0 Å². The molecule has 0 fully saturated rings. The van der Waals surface area contributed by atoms with E-state index < -0.39 is 11.2 Å². The first-order valence-corrected chi connectivity index (χ1v) is 17.3. The highest BCUT2D eigenvalue weighted by Gasteiger charge is 2.52. The van der Waals surface area contributed by atoms with E-state index in [0.717, 1.165) is 90.3 Å². The Bertz CT molecular complexity index is 2050. The van der Waals surface area contributed by atoms with Crippen LogP contribution in [0.2, 0.25) is 0 Å². The maximum atomic E-state index is 13.6. The SMILES string of the molecule is OC1(c2cccc3c2CCCC3)c2ccccc2C(O)(c2cccc3c2CCCC3)c2cc(-c3cccc4c3C=CCC4)ccc21. The molecule has 2 atom stereocenters. The van der Waals surface area contributed by atoms with E-state index in [2.05, 4.69) is 91.0 Å². The van der Waals surface area contributed by atoms with Gasteiger partial charge in [-0.25, -0.2) is 0 Å². The molecule has 0 amide bonds. The molecule has 0 aromatic heterocycles. The zero-order valence-corrected chi connectivity index (χ0v) is 26.4. The van der Waals surface area contributed by atoms with Crippen molar-refractivity contribution in [3.8, 4) is 11.1 Å². The third kappa shape index (κ3) is 3.96. The number of aliphatic hydroxyl groups is 2. The molecule has 2 nitrogen and oxygen atoms in total. The predicted molar refractivity (Wildman–Crippen MR) is 186 cm³/mol. The van der Waals surface area contributed by atoms with Crippen molar-refractivity contribution in [1.29, 1.82) is 0 Å². The van der Waals surface area contributed by atoms with E-state index in [-0.39, 0.29) is 0 Å². The predicted octanol–water partition coefficient (Wildman–Crippen LogP) is 8.95. The first-order chi connectivity index (χ1) is 22.6. The number of allylic oxidation sites excluding steroid dienone is 1. The van der Waals surface area contributed by atoms with Gasteiger partial charge in [-0.15, -0.1) is 0 Å². The standard InChI is InChI=1S/C44H40O2/c45-43(37-24-10-16-30-13-2-5-19-35(30)37)39-22-7-8-23-40(39)44(46,38-25-11-17-31-14-3-6-20-36(31)38)42-28-32(26-27-41(42)43)34-21-9-15-29-12-1-4-18-33(29)34/h4,7-11,15-18,21-28,45-46H,1-3,5-6,12-14,19-20H2. The van der Waals surface area contributed by atoms with Crippen molar-refractivity contribution >= 4 is 6.08 Å². The molecule has 0 radical (unpaired) electrons. The summed E-state index contributed by atoms with van der Waals surface area (Å²) in [4.78, 5) is 0. The Labute approximate surface area is 272 Å². The van der Waals surface area contributed by atoms with Gasteiger partial charge in [-0.1, -0.05) is 103 Å². The Morgan fingerprint density at radius 3 is 1.67 bits per heavy atom. The van der Waals surface area contributed by atoms with Crippen molar-refractivity contribution in [3.63, 3.8) is 0 Å². The van der Waals surface area contributed by atoms with Gasteiger partial charge in [0, 0.05) is 5.56 Å². The molecule has 0 heterocycles. The lowest BCUT2D eigenvalue weighted by atomic mass is 9.61. The molecule has 4 aliphatic carbocycles. The number of rotatable bonds is 3. The second kappa shape index (κ2) is 10.7. The molecule has 0 saturated carbocycles. The smallest absolute Gasteiger partial charge is 0.141 e. The van der Waals surface area contributed by atoms with Crippen LogP contribution in [-0.2, 0) is 43.3 Å². The summed E-state index contributed by atoms with van der Waals surface area (Å²) in [5, 5.41) is 27.1. The molecule has 0 saturated heterocycles. The fraction of sp³-hybridized carbons (Fsp3) is 0.273. The Balaban J connectivity index is 1.38. The maximum absolute atomic E-state index is 13.6. The van der Waals surface area contributed by atoms with E-state index in [1.807, 2.05) is 18.2 Å². The summed E-state index contributed by atoms with van der Waals surface area (Å²) in [6, 6.07) is 34.2. The number of hydrogen-bond acceptors (Lipinski definition) is 2. The van der Waals surface area contributed by atoms with Crippen molar-refractivity contribution in [1.82, 2.24) is 0 Å². The highest BCUT2D eigenvalue weighted by atomic mass is 16.3. The number of hydrogen-bond donors (Lipinski definition) is 2. The number of aryl methyl sites for hydroxylation is 3. The van der Waals surface area contributed by atoms with Crippen LogP contribution in [-0.4, -0.2) is 10.2 Å². The van der Waals surface area contributed by atoms with Crippen LogP contribution in [0.1, 0.15) is 98.9 Å². The molecular formula is C44H40O2. The van der Waals surface area contributed by atoms with Gasteiger partial charge in [-0.3, -0.25) is 0 Å². The number of fused-ring (bicyclic) bond motifs is 5. The molecule has 46 heavy (non-hydrogen) atoms. The van der Waals surface area contributed by atoms with Crippen molar-refractivity contribution in [3.05, 3.63) is 170 Å². The van der Waals surface area contributed by atoms with E-state index in [9.17, 15) is 10.2 Å². The topological polar surface area (TPSA) is 40.5 Å². The van der Waals surface area contributed by atoms with Gasteiger partial charge in [0.25, 0.3) is 0 Å². The summed E-state index contributed by atoms with van der Waals surface area (Å²) in [5.74, 6) is 0. The van der Waals surface area contributed by atoms with E-state index in [1.54, 1.807) is 0 Å². The normalized spacial score (nSPS) is 22.7. The molecule has 0 aliphatic heterocycles. The molecule has 228 valence electrons. The molecule has 2 unspecified atom stereocenters. The second-order valence-corrected chi connectivity index (χ2v) is 13.8. The average molecular weight is 601 g/mol. The quantitative estimate of drug-likeness (QED) is 0.217. The largest absolute Gasteiger partial charge is 0.376 e. The minimum Gasteiger partial charge on any atom is -0.376 e. The Hall–Kier alpha value is -4.24. The van der Waals surface area contributed by atoms with Gasteiger partial charge >= 0.3 is 0 Å². The first kappa shape index (κ1) is 28.0. The van der Waals surface area contributed by atoms with E-state index in [4.69, 9.17) is 0 Å². The first-order valence-electron chi connectivity index (χ1n) is 17.3. The minimum atomic E-state index is -1.42. The second-order valence-electron chi connectivity index (χ2n) is 13.8. The van der Waals surface area contributed by atoms with Gasteiger partial charge < -0.3 is 10.2 Å². The van der Waals surface area contributed by atoms with E-state index in [0.29, 0.717) is 0 Å². The summed E-state index contributed by atoms with van der Waals surface area (Å²) in [6.07, 6.45) is 15.2. The van der Waals surface area contributed by atoms with Crippen LogP contribution in [0, 0.1) is 0 Å². The van der Waals surface area contributed by atoms with Crippen LogP contribution in [0.3, 0.4) is 0 Å². The Morgan fingerprint density at radius 2 is 1.00 bits per heavy atom. The van der Waals surface area contributed by atoms with E-state index in [1.165, 1.54) is 51.8 Å². The van der Waals surface area contributed by atoms with Gasteiger partial charge in [-0.2, -0.15) is 0 Å². The van der Waals surface area contributed by atoms with Crippen molar-refractivity contribution in [2.75, 3.05) is 0 Å². The third-order valence-corrected chi connectivity index (χ3v) is 11.4. The fourth-order valence-corrected chi connectivity index (χ4v) is 9.27. The highest BCUT2D eigenvalue weighted by Crippen LogP contribution is 2.56. The molecule has 9 rings (SSSR count). The van der Waals surface area contributed by atoms with Crippen LogP contribution in [0.5, 0.6) is 0 Å². The monoisotopic (exact) mass is 600 g/mol. The molecule has 0 bridgehead atoms. The lowest BCUT2D eigenvalue weighted by Gasteiger charge is -2.47. The summed E-state index contributed by atoms with van der Waals surface area (Å²) in [5.41, 5.74) is 12.3. The zero-order valence-electron chi connectivity index (χ0n) is 26.4. The molecular weight excluding hydrogens is 560 g/mol. The van der Waals surface area contributed by atoms with Gasteiger partial charge in [-0.05, 0) is 143 Å². The number of benzene rings is 5.